The van der Waals surface area contributed by atoms with Crippen LogP contribution in [0.5, 0.6) is 0 Å². The molecule has 3 aliphatic heterocycles. The Balaban J connectivity index is 0.000000685. The lowest BCUT2D eigenvalue weighted by Crippen LogP contribution is -2.63. The maximum atomic E-state index is 11.6. The third-order valence-corrected chi connectivity index (χ3v) is 9.07. The normalized spacial score (nSPS) is 25.0. The van der Waals surface area contributed by atoms with Gasteiger partial charge in [-0.05, 0) is 115 Å². The molecule has 3 aliphatic rings. The standard InChI is InChI=1S/C16H34N2O.C12H21NO2.C9H17NO2.CH4/c1-7-9-10-17-14-12-15(3,4)18(19-11-8-2)16(5,6)13-14;1-6-7-15-13-11(2,3)8-10(14)9-12(13,4)5;1-8(2)5-7(11)6-9(3,4)10(8)12;/h14,17H,7-13H2,1-6H3;6H,1,7-9H2,2-5H3;12H,5-6H2,1-4H3;1H4. The number of ketones is 2. The van der Waals surface area contributed by atoms with E-state index in [0.717, 1.165) is 32.4 Å². The van der Waals surface area contributed by atoms with Gasteiger partial charge in [-0.2, -0.15) is 15.2 Å². The SMILES string of the molecule is C.C=CCON1C(C)(C)CC(=O)CC1(C)C.CC1(C)CC(=O)CC(C)(C)N1O.CCCCNC1CC(C)(C)N(OCCC)C(C)(C)C1. The Kier molecular flexibility index (Phi) is 17.7. The lowest BCUT2D eigenvalue weighted by Gasteiger charge is -2.54. The topological polar surface area (TPSA) is 94.6 Å². The minimum absolute atomic E-state index is 0. The van der Waals surface area contributed by atoms with Gasteiger partial charge in [0.1, 0.15) is 11.6 Å². The minimum atomic E-state index is -0.418. The second-order valence-corrected chi connectivity index (χ2v) is 17.4. The lowest BCUT2D eigenvalue weighted by atomic mass is 9.79. The zero-order valence-electron chi connectivity index (χ0n) is 32.3. The number of piperidine rings is 3. The summed E-state index contributed by atoms with van der Waals surface area (Å²) in [7, 11) is 0. The second-order valence-electron chi connectivity index (χ2n) is 17.4. The summed E-state index contributed by atoms with van der Waals surface area (Å²) >= 11 is 0. The summed E-state index contributed by atoms with van der Waals surface area (Å²) in [5.41, 5.74) is -1.11. The van der Waals surface area contributed by atoms with Crippen molar-refractivity contribution in [3.63, 3.8) is 0 Å². The van der Waals surface area contributed by atoms with Crippen molar-refractivity contribution in [1.29, 1.82) is 0 Å². The van der Waals surface area contributed by atoms with Crippen LogP contribution < -0.4 is 5.32 Å². The van der Waals surface area contributed by atoms with Crippen molar-refractivity contribution in [2.75, 3.05) is 19.8 Å². The van der Waals surface area contributed by atoms with E-state index in [1.807, 2.05) is 60.5 Å². The number of rotatable bonds is 10. The van der Waals surface area contributed by atoms with E-state index in [9.17, 15) is 14.8 Å². The maximum absolute atomic E-state index is 11.6. The monoisotopic (exact) mass is 669 g/mol. The predicted octanol–water partition coefficient (Wildman–Crippen LogP) is 8.30. The van der Waals surface area contributed by atoms with Crippen molar-refractivity contribution in [3.8, 4) is 0 Å². The number of hydroxylamine groups is 6. The summed E-state index contributed by atoms with van der Waals surface area (Å²) < 4.78 is 0. The highest BCUT2D eigenvalue weighted by atomic mass is 16.7. The molecule has 0 radical (unpaired) electrons. The van der Waals surface area contributed by atoms with Gasteiger partial charge in [0.2, 0.25) is 0 Å². The van der Waals surface area contributed by atoms with E-state index in [2.05, 4.69) is 58.5 Å². The molecule has 0 aromatic heterocycles. The molecule has 3 rings (SSSR count). The van der Waals surface area contributed by atoms with Gasteiger partial charge < -0.3 is 10.5 Å². The molecule has 3 fully saturated rings. The van der Waals surface area contributed by atoms with Crippen LogP contribution in [0.2, 0.25) is 0 Å². The molecule has 0 aromatic carbocycles. The van der Waals surface area contributed by atoms with Crippen molar-refractivity contribution in [1.82, 2.24) is 20.5 Å². The van der Waals surface area contributed by atoms with E-state index in [1.54, 1.807) is 6.08 Å². The summed E-state index contributed by atoms with van der Waals surface area (Å²) in [5, 5.41) is 19.0. The zero-order valence-corrected chi connectivity index (χ0v) is 32.3. The van der Waals surface area contributed by atoms with Gasteiger partial charge in [-0.15, -0.1) is 6.58 Å². The quantitative estimate of drug-likeness (QED) is 0.176. The number of hydrogen-bond donors (Lipinski definition) is 2. The first-order valence-corrected chi connectivity index (χ1v) is 17.6. The van der Waals surface area contributed by atoms with Crippen LogP contribution >= 0.6 is 0 Å². The van der Waals surface area contributed by atoms with Crippen LogP contribution in [0.25, 0.3) is 0 Å². The Morgan fingerprint density at radius 3 is 1.51 bits per heavy atom. The first kappa shape index (κ1) is 45.8. The van der Waals surface area contributed by atoms with E-state index in [1.165, 1.54) is 17.9 Å². The summed E-state index contributed by atoms with van der Waals surface area (Å²) in [5.74, 6) is 0.541. The van der Waals surface area contributed by atoms with Crippen LogP contribution in [0.4, 0.5) is 0 Å². The van der Waals surface area contributed by atoms with Gasteiger partial charge in [0.25, 0.3) is 0 Å². The molecule has 278 valence electrons. The van der Waals surface area contributed by atoms with E-state index in [-0.39, 0.29) is 35.4 Å². The summed E-state index contributed by atoms with van der Waals surface area (Å²) in [4.78, 5) is 34.6. The maximum Gasteiger partial charge on any atom is 0.136 e. The van der Waals surface area contributed by atoms with Crippen LogP contribution in [0.3, 0.4) is 0 Å². The molecule has 3 saturated heterocycles. The molecule has 0 aliphatic carbocycles. The zero-order chi connectivity index (χ0) is 35.8. The molecule has 9 heteroatoms. The lowest BCUT2D eigenvalue weighted by molar-refractivity contribution is -0.283. The van der Waals surface area contributed by atoms with Gasteiger partial charge in [-0.3, -0.25) is 19.3 Å². The number of hydrogen-bond acceptors (Lipinski definition) is 9. The average molecular weight is 669 g/mol. The largest absolute Gasteiger partial charge is 0.314 e. The van der Waals surface area contributed by atoms with Crippen LogP contribution in [0, 0.1) is 0 Å². The van der Waals surface area contributed by atoms with Gasteiger partial charge in [0.05, 0.1) is 13.2 Å². The van der Waals surface area contributed by atoms with Crippen molar-refractivity contribution in [2.24, 2.45) is 0 Å². The Labute approximate surface area is 290 Å². The third kappa shape index (κ3) is 13.6. The highest BCUT2D eigenvalue weighted by Gasteiger charge is 2.47. The number of carbonyl (C=O) groups excluding carboxylic acids is 2. The van der Waals surface area contributed by atoms with Crippen molar-refractivity contribution < 1.29 is 24.5 Å². The molecule has 2 N–H and O–H groups in total. The van der Waals surface area contributed by atoms with Crippen LogP contribution in [0.1, 0.15) is 162 Å². The first-order valence-electron chi connectivity index (χ1n) is 17.6. The highest BCUT2D eigenvalue weighted by Crippen LogP contribution is 2.39. The molecule has 0 aromatic rings. The number of unbranched alkanes of at least 4 members (excludes halogenated alkanes) is 1. The molecule has 9 nitrogen and oxygen atoms in total. The van der Waals surface area contributed by atoms with E-state index in [4.69, 9.17) is 9.68 Å². The van der Waals surface area contributed by atoms with Gasteiger partial charge >= 0.3 is 0 Å². The Morgan fingerprint density at radius 2 is 1.13 bits per heavy atom. The summed E-state index contributed by atoms with van der Waals surface area (Å²) in [6.07, 6.45) is 9.61. The summed E-state index contributed by atoms with van der Waals surface area (Å²) in [6, 6.07) is 0.609. The molecule has 3 heterocycles. The molecule has 0 saturated carbocycles. The average Bonchev–Trinajstić information content (AvgIpc) is 2.85. The van der Waals surface area contributed by atoms with Crippen LogP contribution in [-0.4, -0.2) is 91.0 Å². The number of nitrogens with one attached hydrogen (secondary N) is 1. The Morgan fingerprint density at radius 1 is 0.723 bits per heavy atom. The summed E-state index contributed by atoms with van der Waals surface area (Å²) in [6.45, 7) is 35.4. The van der Waals surface area contributed by atoms with Crippen molar-refractivity contribution >= 4 is 11.6 Å². The van der Waals surface area contributed by atoms with E-state index in [0.29, 0.717) is 44.1 Å². The highest BCUT2D eigenvalue weighted by molar-refractivity contribution is 5.82. The molecule has 0 unspecified atom stereocenters. The predicted molar refractivity (Wildman–Crippen MR) is 195 cm³/mol. The molecular weight excluding hydrogens is 592 g/mol. The smallest absolute Gasteiger partial charge is 0.136 e. The number of Topliss-reactive ketones (excluding diaryl/α,β-unsaturated/α-hetero) is 2. The van der Waals surface area contributed by atoms with Crippen molar-refractivity contribution in [3.05, 3.63) is 12.7 Å². The Hall–Kier alpha value is -1.20. The fraction of sp³-hybridized carbons (Fsp3) is 0.895. The van der Waals surface area contributed by atoms with Gasteiger partial charge in [0.15, 0.2) is 0 Å². The minimum Gasteiger partial charge on any atom is -0.314 e. The van der Waals surface area contributed by atoms with Crippen molar-refractivity contribution in [2.45, 2.75) is 201 Å². The molecule has 0 bridgehead atoms. The van der Waals surface area contributed by atoms with Crippen LogP contribution in [-0.2, 0) is 19.3 Å². The molecule has 47 heavy (non-hydrogen) atoms. The molecule has 0 spiro atoms. The molecule has 0 atom stereocenters. The number of nitrogens with zero attached hydrogens (tertiary/aromatic N) is 3. The fourth-order valence-corrected chi connectivity index (χ4v) is 7.89. The second kappa shape index (κ2) is 18.2. The van der Waals surface area contributed by atoms with E-state index < -0.39 is 11.1 Å². The first-order chi connectivity index (χ1) is 20.9. The third-order valence-electron chi connectivity index (χ3n) is 9.07. The van der Waals surface area contributed by atoms with Gasteiger partial charge in [0, 0.05) is 65.0 Å². The van der Waals surface area contributed by atoms with Gasteiger partial charge in [-0.25, -0.2) is 0 Å². The Bertz CT molecular complexity index is 931. The molecule has 0 amide bonds. The molecular formula is C38H76N4O5. The fourth-order valence-electron chi connectivity index (χ4n) is 7.89. The van der Waals surface area contributed by atoms with E-state index >= 15 is 0 Å². The van der Waals surface area contributed by atoms with Gasteiger partial charge in [-0.1, -0.05) is 33.8 Å². The van der Waals surface area contributed by atoms with Crippen LogP contribution in [0.15, 0.2) is 12.7 Å². The number of carbonyl (C=O) groups is 2.